The zero-order valence-corrected chi connectivity index (χ0v) is 9.37. The normalized spacial score (nSPS) is 22.9. The number of hydrogen-bond donors (Lipinski definition) is 2. The molecule has 2 N–H and O–H groups in total. The van der Waals surface area contributed by atoms with Crippen molar-refractivity contribution in [3.05, 3.63) is 18.2 Å². The van der Waals surface area contributed by atoms with E-state index in [1.807, 2.05) is 6.20 Å². The zero-order chi connectivity index (χ0) is 10.5. The predicted octanol–water partition coefficient (Wildman–Crippen LogP) is 0.984. The van der Waals surface area contributed by atoms with Gasteiger partial charge in [-0.1, -0.05) is 0 Å². The molecule has 0 radical (unpaired) electrons. The first-order chi connectivity index (χ1) is 7.36. The molecule has 84 valence electrons. The van der Waals surface area contributed by atoms with E-state index in [0.717, 1.165) is 13.1 Å². The molecule has 2 heterocycles. The molecule has 1 aromatic rings. The molecule has 0 saturated carbocycles. The van der Waals surface area contributed by atoms with E-state index in [9.17, 15) is 0 Å². The second kappa shape index (κ2) is 5.28. The summed E-state index contributed by atoms with van der Waals surface area (Å²) in [5.74, 6) is 0. The lowest BCUT2D eigenvalue weighted by Crippen LogP contribution is -2.32. The smallest absolute Gasteiger partial charge is 0.0922 e. The van der Waals surface area contributed by atoms with Crippen LogP contribution in [0, 0.1) is 0 Å². The van der Waals surface area contributed by atoms with Gasteiger partial charge in [0.05, 0.1) is 6.33 Å². The molecule has 1 aliphatic rings. The van der Waals surface area contributed by atoms with Gasteiger partial charge < -0.3 is 10.3 Å². The molecule has 1 atom stereocenters. The maximum absolute atomic E-state index is 4.04. The molecule has 15 heavy (non-hydrogen) atoms. The van der Waals surface area contributed by atoms with Gasteiger partial charge in [-0.05, 0) is 39.4 Å². The first-order valence-corrected chi connectivity index (χ1v) is 5.74. The Bertz CT molecular complexity index is 262. The van der Waals surface area contributed by atoms with Gasteiger partial charge in [-0.15, -0.1) is 0 Å². The van der Waals surface area contributed by atoms with Crippen molar-refractivity contribution >= 4 is 0 Å². The molecule has 0 aromatic carbocycles. The molecular weight excluding hydrogens is 188 g/mol. The van der Waals surface area contributed by atoms with Crippen molar-refractivity contribution in [2.24, 2.45) is 0 Å². The maximum Gasteiger partial charge on any atom is 0.0922 e. The van der Waals surface area contributed by atoms with E-state index in [2.05, 4.69) is 27.2 Å². The minimum absolute atomic E-state index is 0.711. The third-order valence-electron chi connectivity index (χ3n) is 3.14. The summed E-state index contributed by atoms with van der Waals surface area (Å²) in [6.07, 6.45) is 7.50. The summed E-state index contributed by atoms with van der Waals surface area (Å²) in [5, 5.41) is 3.44. The number of H-pyrrole nitrogens is 1. The van der Waals surface area contributed by atoms with Crippen molar-refractivity contribution < 1.29 is 0 Å². The minimum atomic E-state index is 0.711. The van der Waals surface area contributed by atoms with Crippen LogP contribution in [0.5, 0.6) is 0 Å². The van der Waals surface area contributed by atoms with E-state index in [1.54, 1.807) is 6.33 Å². The van der Waals surface area contributed by atoms with Crippen molar-refractivity contribution in [2.45, 2.75) is 31.8 Å². The SMILES string of the molecule is CN(Cc1cnc[nH]1)C1CCCNCC1. The minimum Gasteiger partial charge on any atom is -0.347 e. The lowest BCUT2D eigenvalue weighted by atomic mass is 10.1. The average molecular weight is 208 g/mol. The van der Waals surface area contributed by atoms with Crippen LogP contribution in [0.2, 0.25) is 0 Å². The van der Waals surface area contributed by atoms with Gasteiger partial charge in [-0.3, -0.25) is 4.90 Å². The van der Waals surface area contributed by atoms with Crippen LogP contribution in [0.4, 0.5) is 0 Å². The Hall–Kier alpha value is -0.870. The molecule has 1 unspecified atom stereocenters. The van der Waals surface area contributed by atoms with E-state index in [4.69, 9.17) is 0 Å². The summed E-state index contributed by atoms with van der Waals surface area (Å²) in [7, 11) is 2.21. The summed E-state index contributed by atoms with van der Waals surface area (Å²) in [6, 6.07) is 0.711. The molecule has 2 rings (SSSR count). The maximum atomic E-state index is 4.04. The summed E-state index contributed by atoms with van der Waals surface area (Å²) in [4.78, 5) is 9.63. The van der Waals surface area contributed by atoms with E-state index >= 15 is 0 Å². The fourth-order valence-corrected chi connectivity index (χ4v) is 2.21. The fourth-order valence-electron chi connectivity index (χ4n) is 2.21. The van der Waals surface area contributed by atoms with Crippen LogP contribution in [0.15, 0.2) is 12.5 Å². The summed E-state index contributed by atoms with van der Waals surface area (Å²) < 4.78 is 0. The van der Waals surface area contributed by atoms with Crippen LogP contribution in [0.3, 0.4) is 0 Å². The Kier molecular flexibility index (Phi) is 3.75. The van der Waals surface area contributed by atoms with E-state index in [0.29, 0.717) is 6.04 Å². The van der Waals surface area contributed by atoms with Gasteiger partial charge in [0.15, 0.2) is 0 Å². The number of aromatic amines is 1. The Balaban J connectivity index is 1.86. The number of nitrogens with zero attached hydrogens (tertiary/aromatic N) is 2. The lowest BCUT2D eigenvalue weighted by molar-refractivity contribution is 0.214. The number of nitrogens with one attached hydrogen (secondary N) is 2. The van der Waals surface area contributed by atoms with Gasteiger partial charge in [0.2, 0.25) is 0 Å². The Morgan fingerprint density at radius 1 is 1.47 bits per heavy atom. The van der Waals surface area contributed by atoms with Gasteiger partial charge >= 0.3 is 0 Å². The topological polar surface area (TPSA) is 44.0 Å². The molecule has 4 nitrogen and oxygen atoms in total. The van der Waals surface area contributed by atoms with Crippen LogP contribution in [-0.4, -0.2) is 41.0 Å². The third-order valence-corrected chi connectivity index (χ3v) is 3.14. The van der Waals surface area contributed by atoms with Crippen LogP contribution >= 0.6 is 0 Å². The highest BCUT2D eigenvalue weighted by Crippen LogP contribution is 2.13. The Labute approximate surface area is 91.1 Å². The molecule has 0 spiro atoms. The highest BCUT2D eigenvalue weighted by Gasteiger charge is 2.16. The van der Waals surface area contributed by atoms with Crippen molar-refractivity contribution in [1.82, 2.24) is 20.2 Å². The lowest BCUT2D eigenvalue weighted by Gasteiger charge is -2.26. The van der Waals surface area contributed by atoms with Crippen molar-refractivity contribution in [3.63, 3.8) is 0 Å². The average Bonchev–Trinajstić information content (AvgIpc) is 2.58. The fraction of sp³-hybridized carbons (Fsp3) is 0.727. The predicted molar refractivity (Wildman–Crippen MR) is 60.6 cm³/mol. The van der Waals surface area contributed by atoms with Gasteiger partial charge in [-0.2, -0.15) is 0 Å². The molecule has 1 aliphatic heterocycles. The Morgan fingerprint density at radius 2 is 2.40 bits per heavy atom. The van der Waals surface area contributed by atoms with Gasteiger partial charge in [0.1, 0.15) is 0 Å². The van der Waals surface area contributed by atoms with Crippen LogP contribution < -0.4 is 5.32 Å². The van der Waals surface area contributed by atoms with Gasteiger partial charge in [0, 0.05) is 24.5 Å². The van der Waals surface area contributed by atoms with Crippen molar-refractivity contribution in [2.75, 3.05) is 20.1 Å². The third kappa shape index (κ3) is 3.04. The van der Waals surface area contributed by atoms with Gasteiger partial charge in [-0.25, -0.2) is 4.98 Å². The van der Waals surface area contributed by atoms with Crippen LogP contribution in [0.25, 0.3) is 0 Å². The quantitative estimate of drug-likeness (QED) is 0.778. The van der Waals surface area contributed by atoms with Crippen molar-refractivity contribution in [3.8, 4) is 0 Å². The second-order valence-corrected chi connectivity index (χ2v) is 4.33. The molecule has 4 heteroatoms. The van der Waals surface area contributed by atoms with Crippen LogP contribution in [-0.2, 0) is 6.54 Å². The largest absolute Gasteiger partial charge is 0.347 e. The summed E-state index contributed by atoms with van der Waals surface area (Å²) >= 11 is 0. The zero-order valence-electron chi connectivity index (χ0n) is 9.37. The standard InChI is InChI=1S/C11H20N4/c1-15(8-10-7-13-9-14-10)11-3-2-5-12-6-4-11/h7,9,11-12H,2-6,8H2,1H3,(H,13,14). The number of rotatable bonds is 3. The number of imidazole rings is 1. The highest BCUT2D eigenvalue weighted by molar-refractivity contribution is 4.94. The van der Waals surface area contributed by atoms with Crippen LogP contribution in [0.1, 0.15) is 25.0 Å². The molecular formula is C11H20N4. The highest BCUT2D eigenvalue weighted by atomic mass is 15.1. The molecule has 1 fully saturated rings. The molecule has 0 amide bonds. The monoisotopic (exact) mass is 208 g/mol. The van der Waals surface area contributed by atoms with Gasteiger partial charge in [0.25, 0.3) is 0 Å². The first kappa shape index (κ1) is 10.6. The summed E-state index contributed by atoms with van der Waals surface area (Å²) in [5.41, 5.74) is 1.20. The Morgan fingerprint density at radius 3 is 3.20 bits per heavy atom. The van der Waals surface area contributed by atoms with E-state index in [-0.39, 0.29) is 0 Å². The second-order valence-electron chi connectivity index (χ2n) is 4.33. The molecule has 0 bridgehead atoms. The molecule has 1 aromatic heterocycles. The first-order valence-electron chi connectivity index (χ1n) is 5.74. The summed E-state index contributed by atoms with van der Waals surface area (Å²) in [6.45, 7) is 3.30. The number of aromatic nitrogens is 2. The number of hydrogen-bond acceptors (Lipinski definition) is 3. The van der Waals surface area contributed by atoms with E-state index in [1.165, 1.54) is 31.5 Å². The van der Waals surface area contributed by atoms with E-state index < -0.39 is 0 Å². The molecule has 1 saturated heterocycles. The molecule has 0 aliphatic carbocycles. The van der Waals surface area contributed by atoms with Crippen molar-refractivity contribution in [1.29, 1.82) is 0 Å².